The Kier molecular flexibility index (Phi) is 3.14. The predicted octanol–water partition coefficient (Wildman–Crippen LogP) is 3.35. The minimum absolute atomic E-state index is 0.0554. The van der Waals surface area contributed by atoms with Gasteiger partial charge < -0.3 is 4.42 Å². The van der Waals surface area contributed by atoms with Gasteiger partial charge in [0.25, 0.3) is 5.89 Å². The summed E-state index contributed by atoms with van der Waals surface area (Å²) < 4.78 is 6.45. The molecule has 24 heavy (non-hydrogen) atoms. The van der Waals surface area contributed by atoms with E-state index in [0.717, 1.165) is 41.9 Å². The number of ketones is 1. The first-order valence-corrected chi connectivity index (χ1v) is 9.64. The molecule has 2 aromatic heterocycles. The lowest BCUT2D eigenvalue weighted by atomic mass is 9.48. The largest absolute Gasteiger partial charge is 0.437 e. The molecule has 0 amide bonds. The van der Waals surface area contributed by atoms with Gasteiger partial charge in [-0.3, -0.25) is 4.79 Å². The van der Waals surface area contributed by atoms with Gasteiger partial charge in [0, 0.05) is 5.41 Å². The van der Waals surface area contributed by atoms with Crippen LogP contribution in [0.4, 0.5) is 0 Å². The van der Waals surface area contributed by atoms with Gasteiger partial charge in [-0.2, -0.15) is 4.68 Å². The van der Waals surface area contributed by atoms with Gasteiger partial charge in [-0.1, -0.05) is 6.07 Å². The second-order valence-electron chi connectivity index (χ2n) is 7.93. The maximum atomic E-state index is 13.1. The molecule has 6 heteroatoms. The van der Waals surface area contributed by atoms with Crippen molar-refractivity contribution < 1.29 is 9.21 Å². The molecule has 4 aliphatic carbocycles. The first kappa shape index (κ1) is 14.6. The van der Waals surface area contributed by atoms with Crippen LogP contribution in [0.3, 0.4) is 0 Å². The quantitative estimate of drug-likeness (QED) is 0.853. The van der Waals surface area contributed by atoms with E-state index in [2.05, 4.69) is 5.10 Å². The lowest BCUT2D eigenvalue weighted by Gasteiger charge is -2.55. The van der Waals surface area contributed by atoms with Crippen molar-refractivity contribution in [3.05, 3.63) is 28.1 Å². The number of hydrogen-bond acceptors (Lipinski definition) is 5. The van der Waals surface area contributed by atoms with Crippen molar-refractivity contribution in [3.63, 3.8) is 0 Å². The van der Waals surface area contributed by atoms with Gasteiger partial charge in [0.2, 0.25) is 0 Å². The number of Topliss-reactive ketones (excluding diaryl/α,β-unsaturated/α-hetero) is 1. The Morgan fingerprint density at radius 2 is 1.92 bits per heavy atom. The van der Waals surface area contributed by atoms with Crippen LogP contribution in [0, 0.1) is 23.2 Å². The van der Waals surface area contributed by atoms with Crippen LogP contribution in [0.15, 0.2) is 26.7 Å². The van der Waals surface area contributed by atoms with Gasteiger partial charge in [0.1, 0.15) is 6.54 Å². The smallest absolute Gasteiger partial charge is 0.387 e. The lowest BCUT2D eigenvalue weighted by Crippen LogP contribution is -2.51. The highest BCUT2D eigenvalue weighted by Crippen LogP contribution is 2.60. The molecule has 0 unspecified atom stereocenters. The predicted molar refractivity (Wildman–Crippen MR) is 89.7 cm³/mol. The minimum atomic E-state index is -0.531. The molecule has 0 atom stereocenters. The summed E-state index contributed by atoms with van der Waals surface area (Å²) in [5, 5.41) is 6.16. The number of carbonyl (C=O) groups excluding carboxylic acids is 1. The maximum Gasteiger partial charge on any atom is 0.437 e. The zero-order valence-corrected chi connectivity index (χ0v) is 14.3. The molecule has 2 heterocycles. The average Bonchev–Trinajstić information content (AvgIpc) is 3.16. The summed E-state index contributed by atoms with van der Waals surface area (Å²) in [6.45, 7) is 0.0554. The van der Waals surface area contributed by atoms with E-state index < -0.39 is 5.76 Å². The van der Waals surface area contributed by atoms with E-state index in [9.17, 15) is 9.59 Å². The van der Waals surface area contributed by atoms with E-state index >= 15 is 0 Å². The number of carbonyl (C=O) groups is 1. The first-order chi connectivity index (χ1) is 11.6. The number of rotatable bonds is 4. The fourth-order valence-electron chi connectivity index (χ4n) is 5.66. The molecular formula is C18H20N2O3S. The summed E-state index contributed by atoms with van der Waals surface area (Å²) in [6, 6.07) is 3.75. The Morgan fingerprint density at radius 1 is 1.25 bits per heavy atom. The van der Waals surface area contributed by atoms with Crippen LogP contribution in [-0.4, -0.2) is 15.6 Å². The van der Waals surface area contributed by atoms with Gasteiger partial charge in [-0.15, -0.1) is 16.4 Å². The Hall–Kier alpha value is -1.69. The van der Waals surface area contributed by atoms with E-state index in [-0.39, 0.29) is 17.7 Å². The van der Waals surface area contributed by atoms with Crippen LogP contribution >= 0.6 is 11.3 Å². The highest BCUT2D eigenvalue weighted by atomic mass is 32.1. The second-order valence-corrected chi connectivity index (χ2v) is 8.88. The van der Waals surface area contributed by atoms with Crippen molar-refractivity contribution in [3.8, 4) is 10.8 Å². The molecule has 5 nitrogen and oxygen atoms in total. The van der Waals surface area contributed by atoms with Crippen molar-refractivity contribution in [1.82, 2.24) is 9.78 Å². The summed E-state index contributed by atoms with van der Waals surface area (Å²) >= 11 is 1.47. The van der Waals surface area contributed by atoms with Crippen LogP contribution < -0.4 is 5.76 Å². The van der Waals surface area contributed by atoms with Crippen molar-refractivity contribution in [2.75, 3.05) is 0 Å². The molecule has 126 valence electrons. The summed E-state index contributed by atoms with van der Waals surface area (Å²) in [5.41, 5.74) is -0.198. The molecular weight excluding hydrogens is 324 g/mol. The van der Waals surface area contributed by atoms with Gasteiger partial charge in [-0.05, 0) is 67.7 Å². The van der Waals surface area contributed by atoms with Gasteiger partial charge >= 0.3 is 5.76 Å². The molecule has 2 aromatic rings. The van der Waals surface area contributed by atoms with Crippen LogP contribution in [0.1, 0.15) is 38.5 Å². The number of hydrogen-bond donors (Lipinski definition) is 0. The van der Waals surface area contributed by atoms with Crippen molar-refractivity contribution in [2.24, 2.45) is 23.2 Å². The molecule has 0 aromatic carbocycles. The van der Waals surface area contributed by atoms with Crippen LogP contribution in [0.5, 0.6) is 0 Å². The second kappa shape index (κ2) is 5.15. The van der Waals surface area contributed by atoms with Crippen molar-refractivity contribution in [1.29, 1.82) is 0 Å². The minimum Gasteiger partial charge on any atom is -0.387 e. The van der Waals surface area contributed by atoms with E-state index in [4.69, 9.17) is 4.42 Å². The Balaban J connectivity index is 1.40. The summed E-state index contributed by atoms with van der Waals surface area (Å²) in [7, 11) is 0. The standard InChI is InChI=1S/C18H20N2O3S/c21-15(18-7-11-4-12(8-18)6-13(5-11)9-18)10-20-17(22)23-16(19-20)14-2-1-3-24-14/h1-3,11-13H,4-10H2. The van der Waals surface area contributed by atoms with Crippen molar-refractivity contribution in [2.45, 2.75) is 45.1 Å². The fraction of sp³-hybridized carbons (Fsp3) is 0.611. The maximum absolute atomic E-state index is 13.1. The third-order valence-electron chi connectivity index (χ3n) is 6.26. The molecule has 6 rings (SSSR count). The van der Waals surface area contributed by atoms with Crippen molar-refractivity contribution >= 4 is 17.1 Å². The topological polar surface area (TPSA) is 65.1 Å². The molecule has 0 radical (unpaired) electrons. The van der Waals surface area contributed by atoms with Crippen LogP contribution in [0.2, 0.25) is 0 Å². The fourth-order valence-corrected chi connectivity index (χ4v) is 6.31. The van der Waals surface area contributed by atoms with E-state index in [1.807, 2.05) is 17.5 Å². The SMILES string of the molecule is O=C(Cn1nc(-c2cccs2)oc1=O)C12CC3CC(CC(C3)C1)C2. The number of thiophene rings is 1. The normalized spacial score (nSPS) is 33.9. The van der Waals surface area contributed by atoms with Gasteiger partial charge in [-0.25, -0.2) is 4.79 Å². The lowest BCUT2D eigenvalue weighted by molar-refractivity contribution is -0.144. The molecule has 4 bridgehead atoms. The molecule has 0 N–H and O–H groups in total. The van der Waals surface area contributed by atoms with Crippen LogP contribution in [0.25, 0.3) is 10.8 Å². The van der Waals surface area contributed by atoms with Gasteiger partial charge in [0.05, 0.1) is 4.88 Å². The third kappa shape index (κ3) is 2.23. The molecule has 0 saturated heterocycles. The third-order valence-corrected chi connectivity index (χ3v) is 7.12. The highest BCUT2D eigenvalue weighted by molar-refractivity contribution is 7.13. The molecule has 0 aliphatic heterocycles. The van der Waals surface area contributed by atoms with Crippen LogP contribution in [-0.2, 0) is 11.3 Å². The summed E-state index contributed by atoms with van der Waals surface area (Å²) in [4.78, 5) is 26.0. The molecule has 4 fully saturated rings. The Labute approximate surface area is 143 Å². The average molecular weight is 344 g/mol. The molecule has 0 spiro atoms. The van der Waals surface area contributed by atoms with E-state index in [1.54, 1.807) is 0 Å². The Morgan fingerprint density at radius 3 is 2.50 bits per heavy atom. The zero-order chi connectivity index (χ0) is 16.3. The highest BCUT2D eigenvalue weighted by Gasteiger charge is 2.54. The van der Waals surface area contributed by atoms with E-state index in [1.165, 1.54) is 35.3 Å². The monoisotopic (exact) mass is 344 g/mol. The van der Waals surface area contributed by atoms with E-state index in [0.29, 0.717) is 5.89 Å². The molecule has 4 saturated carbocycles. The summed E-state index contributed by atoms with van der Waals surface area (Å²) in [6.07, 6.45) is 6.96. The summed E-state index contributed by atoms with van der Waals surface area (Å²) in [5.74, 6) is 2.13. The number of aromatic nitrogens is 2. The Bertz CT molecular complexity index is 798. The first-order valence-electron chi connectivity index (χ1n) is 8.76. The molecule has 4 aliphatic rings. The van der Waals surface area contributed by atoms with Gasteiger partial charge in [0.15, 0.2) is 5.78 Å². The zero-order valence-electron chi connectivity index (χ0n) is 13.4. The number of nitrogens with zero attached hydrogens (tertiary/aromatic N) is 2.